The van der Waals surface area contributed by atoms with Crippen LogP contribution in [0.3, 0.4) is 0 Å². The number of amides is 1. The van der Waals surface area contributed by atoms with Crippen LogP contribution in [0.2, 0.25) is 0 Å². The highest BCUT2D eigenvalue weighted by Gasteiger charge is 2.31. The maximum atomic E-state index is 12.5. The molecule has 2 N–H and O–H groups in total. The molecule has 1 aromatic heterocycles. The first-order chi connectivity index (χ1) is 11.5. The van der Waals surface area contributed by atoms with Gasteiger partial charge in [-0.2, -0.15) is 0 Å². The summed E-state index contributed by atoms with van der Waals surface area (Å²) in [5.74, 6) is -1.31. The van der Waals surface area contributed by atoms with E-state index in [9.17, 15) is 19.5 Å². The highest BCUT2D eigenvalue weighted by Crippen LogP contribution is 2.29. The number of Topliss-reactive ketones (excluding diaryl/α,β-unsaturated/α-hetero) is 1. The second kappa shape index (κ2) is 6.31. The van der Waals surface area contributed by atoms with Crippen molar-refractivity contribution in [3.8, 4) is 0 Å². The maximum Gasteiger partial charge on any atom is 0.330 e. The van der Waals surface area contributed by atoms with E-state index in [1.165, 1.54) is 0 Å². The minimum Gasteiger partial charge on any atom is -0.479 e. The number of benzene rings is 1. The Morgan fingerprint density at radius 1 is 1.21 bits per heavy atom. The predicted molar refractivity (Wildman–Crippen MR) is 85.0 cm³/mol. The molecule has 1 amide bonds. The molecule has 1 heterocycles. The zero-order chi connectivity index (χ0) is 17.3. The smallest absolute Gasteiger partial charge is 0.330 e. The van der Waals surface area contributed by atoms with E-state index in [2.05, 4.69) is 5.32 Å². The van der Waals surface area contributed by atoms with Gasteiger partial charge in [0.15, 0.2) is 17.6 Å². The van der Waals surface area contributed by atoms with Crippen LogP contribution in [-0.4, -0.2) is 22.8 Å². The van der Waals surface area contributed by atoms with Gasteiger partial charge in [0.2, 0.25) is 0 Å². The van der Waals surface area contributed by atoms with Gasteiger partial charge < -0.3 is 14.8 Å². The van der Waals surface area contributed by atoms with Crippen molar-refractivity contribution in [1.82, 2.24) is 5.32 Å². The van der Waals surface area contributed by atoms with Gasteiger partial charge in [-0.05, 0) is 18.9 Å². The van der Waals surface area contributed by atoms with Gasteiger partial charge in [0.1, 0.15) is 5.76 Å². The van der Waals surface area contributed by atoms with Gasteiger partial charge in [-0.3, -0.25) is 9.59 Å². The van der Waals surface area contributed by atoms with Crippen molar-refractivity contribution in [3.63, 3.8) is 0 Å². The number of furan rings is 1. The molecule has 24 heavy (non-hydrogen) atoms. The van der Waals surface area contributed by atoms with E-state index in [4.69, 9.17) is 4.42 Å². The molecule has 124 valence electrons. The van der Waals surface area contributed by atoms with Gasteiger partial charge in [-0.25, -0.2) is 4.79 Å². The van der Waals surface area contributed by atoms with E-state index in [-0.39, 0.29) is 11.5 Å². The Kier molecular flexibility index (Phi) is 4.20. The topological polar surface area (TPSA) is 96.6 Å². The SMILES string of the molecule is Cc1c(C(=O)N[C@H](C(=O)O)c2ccccc2)oc2c1C(=O)CCC2. The van der Waals surface area contributed by atoms with Crippen LogP contribution < -0.4 is 5.32 Å². The Hall–Kier alpha value is -2.89. The number of fused-ring (bicyclic) bond motifs is 1. The number of nitrogens with one attached hydrogen (secondary N) is 1. The molecular weight excluding hydrogens is 310 g/mol. The highest BCUT2D eigenvalue weighted by molar-refractivity contribution is 6.04. The number of carboxylic acid groups (broad SMARTS) is 1. The fourth-order valence-corrected chi connectivity index (χ4v) is 3.00. The second-order valence-electron chi connectivity index (χ2n) is 5.79. The highest BCUT2D eigenvalue weighted by atomic mass is 16.4. The lowest BCUT2D eigenvalue weighted by Gasteiger charge is -2.14. The first kappa shape index (κ1) is 16.0. The summed E-state index contributed by atoms with van der Waals surface area (Å²) in [5.41, 5.74) is 1.41. The van der Waals surface area contributed by atoms with Crippen molar-refractivity contribution in [3.05, 3.63) is 58.5 Å². The zero-order valence-electron chi connectivity index (χ0n) is 13.2. The van der Waals surface area contributed by atoms with E-state index < -0.39 is 17.9 Å². The summed E-state index contributed by atoms with van der Waals surface area (Å²) in [6.45, 7) is 1.65. The quantitative estimate of drug-likeness (QED) is 0.900. The number of carbonyl (C=O) groups excluding carboxylic acids is 2. The molecule has 3 rings (SSSR count). The lowest BCUT2D eigenvalue weighted by atomic mass is 9.94. The lowest BCUT2D eigenvalue weighted by Crippen LogP contribution is -2.33. The van der Waals surface area contributed by atoms with Crippen molar-refractivity contribution < 1.29 is 23.9 Å². The van der Waals surface area contributed by atoms with Gasteiger partial charge in [0, 0.05) is 18.4 Å². The molecule has 2 aromatic rings. The molecule has 1 atom stereocenters. The summed E-state index contributed by atoms with van der Waals surface area (Å²) in [6, 6.07) is 7.24. The molecule has 1 aliphatic carbocycles. The molecule has 0 saturated heterocycles. The third-order valence-electron chi connectivity index (χ3n) is 4.17. The van der Waals surface area contributed by atoms with Crippen molar-refractivity contribution in [1.29, 1.82) is 0 Å². The Balaban J connectivity index is 1.89. The van der Waals surface area contributed by atoms with E-state index in [1.807, 2.05) is 0 Å². The molecule has 1 aliphatic rings. The van der Waals surface area contributed by atoms with E-state index in [1.54, 1.807) is 37.3 Å². The summed E-state index contributed by atoms with van der Waals surface area (Å²) in [5, 5.41) is 11.9. The molecule has 1 aromatic carbocycles. The van der Waals surface area contributed by atoms with Crippen LogP contribution in [0, 0.1) is 6.92 Å². The molecule has 6 heteroatoms. The van der Waals surface area contributed by atoms with Crippen LogP contribution in [-0.2, 0) is 11.2 Å². The third kappa shape index (κ3) is 2.82. The van der Waals surface area contributed by atoms with Gasteiger partial charge >= 0.3 is 5.97 Å². The molecule has 0 spiro atoms. The molecular formula is C18H17NO5. The number of aliphatic carboxylic acids is 1. The van der Waals surface area contributed by atoms with E-state index in [0.717, 1.165) is 0 Å². The van der Waals surface area contributed by atoms with Crippen LogP contribution in [0.1, 0.15) is 56.7 Å². The van der Waals surface area contributed by atoms with Gasteiger partial charge in [0.05, 0.1) is 5.56 Å². The maximum absolute atomic E-state index is 12.5. The minimum atomic E-state index is -1.18. The normalized spacial score (nSPS) is 14.8. The molecule has 0 bridgehead atoms. The van der Waals surface area contributed by atoms with Gasteiger partial charge in [-0.1, -0.05) is 30.3 Å². The first-order valence-corrected chi connectivity index (χ1v) is 7.73. The van der Waals surface area contributed by atoms with E-state index in [0.29, 0.717) is 41.7 Å². The zero-order valence-corrected chi connectivity index (χ0v) is 13.2. The Morgan fingerprint density at radius 3 is 2.54 bits per heavy atom. The van der Waals surface area contributed by atoms with Gasteiger partial charge in [0.25, 0.3) is 5.91 Å². The Bertz CT molecular complexity index is 806. The summed E-state index contributed by atoms with van der Waals surface area (Å²) < 4.78 is 5.56. The average Bonchev–Trinajstić information content (AvgIpc) is 2.91. The largest absolute Gasteiger partial charge is 0.479 e. The first-order valence-electron chi connectivity index (χ1n) is 7.73. The summed E-state index contributed by atoms with van der Waals surface area (Å²) in [7, 11) is 0. The summed E-state index contributed by atoms with van der Waals surface area (Å²) >= 11 is 0. The summed E-state index contributed by atoms with van der Waals surface area (Å²) in [6.07, 6.45) is 1.74. The Labute approximate surface area is 138 Å². The van der Waals surface area contributed by atoms with Crippen molar-refractivity contribution in [2.45, 2.75) is 32.2 Å². The second-order valence-corrected chi connectivity index (χ2v) is 5.79. The van der Waals surface area contributed by atoms with Crippen LogP contribution in [0.4, 0.5) is 0 Å². The summed E-state index contributed by atoms with van der Waals surface area (Å²) in [4.78, 5) is 36.0. The number of hydrogen-bond donors (Lipinski definition) is 2. The molecule has 6 nitrogen and oxygen atoms in total. The third-order valence-corrected chi connectivity index (χ3v) is 4.17. The monoisotopic (exact) mass is 327 g/mol. The Morgan fingerprint density at radius 2 is 1.92 bits per heavy atom. The fourth-order valence-electron chi connectivity index (χ4n) is 3.00. The van der Waals surface area contributed by atoms with E-state index >= 15 is 0 Å². The minimum absolute atomic E-state index is 0.0115. The van der Waals surface area contributed by atoms with Crippen LogP contribution >= 0.6 is 0 Å². The standard InChI is InChI=1S/C18H17NO5/c1-10-14-12(20)8-5-9-13(14)24-16(10)17(21)19-15(18(22)23)11-6-3-2-4-7-11/h2-4,6-7,15H,5,8-9H2,1H3,(H,19,21)(H,22,23)/t15-/m0/s1. The molecule has 0 saturated carbocycles. The number of rotatable bonds is 4. The number of carbonyl (C=O) groups is 3. The van der Waals surface area contributed by atoms with Crippen LogP contribution in [0.5, 0.6) is 0 Å². The van der Waals surface area contributed by atoms with Crippen molar-refractivity contribution in [2.24, 2.45) is 0 Å². The van der Waals surface area contributed by atoms with Crippen molar-refractivity contribution >= 4 is 17.7 Å². The molecule has 0 aliphatic heterocycles. The molecule has 0 unspecified atom stereocenters. The average molecular weight is 327 g/mol. The lowest BCUT2D eigenvalue weighted by molar-refractivity contribution is -0.139. The van der Waals surface area contributed by atoms with Crippen LogP contribution in [0.25, 0.3) is 0 Å². The fraction of sp³-hybridized carbons (Fsp3) is 0.278. The van der Waals surface area contributed by atoms with Crippen LogP contribution in [0.15, 0.2) is 34.7 Å². The molecule has 0 radical (unpaired) electrons. The van der Waals surface area contributed by atoms with Gasteiger partial charge in [-0.15, -0.1) is 0 Å². The number of hydrogen-bond acceptors (Lipinski definition) is 4. The number of ketones is 1. The van der Waals surface area contributed by atoms with Crippen molar-refractivity contribution in [2.75, 3.05) is 0 Å². The molecule has 0 fully saturated rings. The number of aryl methyl sites for hydroxylation is 1. The predicted octanol–water partition coefficient (Wildman–Crippen LogP) is 2.66. The number of carboxylic acids is 1.